The fraction of sp³-hybridized carbons (Fsp3) is 0.438. The first-order valence-electron chi connectivity index (χ1n) is 6.44. The highest BCUT2D eigenvalue weighted by Gasteiger charge is 2.40. The second kappa shape index (κ2) is 4.87. The SMILES string of the molecule is C=C(C[C@]1(CC)CCCC1=O)c1ccccc1. The molecule has 1 saturated carbocycles. The third kappa shape index (κ3) is 2.33. The Morgan fingerprint density at radius 3 is 2.59 bits per heavy atom. The molecule has 1 aromatic carbocycles. The van der Waals surface area contributed by atoms with Crippen LogP contribution in [0.5, 0.6) is 0 Å². The van der Waals surface area contributed by atoms with Crippen molar-refractivity contribution in [1.82, 2.24) is 0 Å². The number of benzene rings is 1. The monoisotopic (exact) mass is 228 g/mol. The van der Waals surface area contributed by atoms with Gasteiger partial charge >= 0.3 is 0 Å². The summed E-state index contributed by atoms with van der Waals surface area (Å²) >= 11 is 0. The number of Topliss-reactive ketones (excluding diaryl/α,β-unsaturated/α-hetero) is 1. The number of carbonyl (C=O) groups is 1. The first-order chi connectivity index (χ1) is 8.18. The summed E-state index contributed by atoms with van der Waals surface area (Å²) in [6, 6.07) is 10.2. The number of allylic oxidation sites excluding steroid dienone is 1. The van der Waals surface area contributed by atoms with E-state index in [9.17, 15) is 4.79 Å². The molecule has 1 fully saturated rings. The van der Waals surface area contributed by atoms with Gasteiger partial charge in [0.05, 0.1) is 0 Å². The molecule has 0 N–H and O–H groups in total. The topological polar surface area (TPSA) is 17.1 Å². The molecule has 0 aliphatic heterocycles. The zero-order chi connectivity index (χ0) is 12.3. The van der Waals surface area contributed by atoms with Crippen molar-refractivity contribution < 1.29 is 4.79 Å². The van der Waals surface area contributed by atoms with Gasteiger partial charge in [0.15, 0.2) is 0 Å². The van der Waals surface area contributed by atoms with E-state index in [4.69, 9.17) is 0 Å². The van der Waals surface area contributed by atoms with E-state index in [0.717, 1.165) is 37.7 Å². The van der Waals surface area contributed by atoms with E-state index >= 15 is 0 Å². The fourth-order valence-electron chi connectivity index (χ4n) is 2.86. The number of rotatable bonds is 4. The average molecular weight is 228 g/mol. The van der Waals surface area contributed by atoms with Crippen LogP contribution in [0.25, 0.3) is 5.57 Å². The van der Waals surface area contributed by atoms with Crippen LogP contribution < -0.4 is 0 Å². The van der Waals surface area contributed by atoms with Crippen LogP contribution in [0.1, 0.15) is 44.6 Å². The third-order valence-electron chi connectivity index (χ3n) is 4.06. The maximum atomic E-state index is 12.1. The second-order valence-electron chi connectivity index (χ2n) is 5.06. The summed E-state index contributed by atoms with van der Waals surface area (Å²) in [4.78, 5) is 12.1. The quantitative estimate of drug-likeness (QED) is 0.753. The fourth-order valence-corrected chi connectivity index (χ4v) is 2.86. The van der Waals surface area contributed by atoms with E-state index in [-0.39, 0.29) is 5.41 Å². The standard InChI is InChI=1S/C16H20O/c1-3-16(11-7-10-15(16)17)12-13(2)14-8-5-4-6-9-14/h4-6,8-9H,2-3,7,10-12H2,1H3/t16-/m0/s1. The molecule has 0 spiro atoms. The molecule has 90 valence electrons. The molecule has 0 radical (unpaired) electrons. The van der Waals surface area contributed by atoms with Gasteiger partial charge in [0, 0.05) is 11.8 Å². The summed E-state index contributed by atoms with van der Waals surface area (Å²) in [6.07, 6.45) is 4.61. The predicted octanol–water partition coefficient (Wildman–Crippen LogP) is 4.24. The number of hydrogen-bond acceptors (Lipinski definition) is 1. The van der Waals surface area contributed by atoms with Gasteiger partial charge in [-0.05, 0) is 36.8 Å². The molecule has 1 aromatic rings. The normalized spacial score (nSPS) is 23.9. The van der Waals surface area contributed by atoms with Crippen molar-refractivity contribution >= 4 is 11.4 Å². The highest BCUT2D eigenvalue weighted by Crippen LogP contribution is 2.44. The minimum absolute atomic E-state index is 0.118. The Labute approximate surface area is 104 Å². The molecule has 17 heavy (non-hydrogen) atoms. The number of carbonyl (C=O) groups excluding carboxylic acids is 1. The van der Waals surface area contributed by atoms with Crippen LogP contribution in [0.4, 0.5) is 0 Å². The van der Waals surface area contributed by atoms with E-state index < -0.39 is 0 Å². The maximum Gasteiger partial charge on any atom is 0.139 e. The first-order valence-corrected chi connectivity index (χ1v) is 6.44. The number of ketones is 1. The lowest BCUT2D eigenvalue weighted by Gasteiger charge is -2.26. The van der Waals surface area contributed by atoms with Crippen molar-refractivity contribution in [2.75, 3.05) is 0 Å². The zero-order valence-corrected chi connectivity index (χ0v) is 10.5. The van der Waals surface area contributed by atoms with Gasteiger partial charge in [-0.3, -0.25) is 4.79 Å². The lowest BCUT2D eigenvalue weighted by molar-refractivity contribution is -0.125. The molecule has 1 aliphatic rings. The van der Waals surface area contributed by atoms with Crippen molar-refractivity contribution in [1.29, 1.82) is 0 Å². The summed E-state index contributed by atoms with van der Waals surface area (Å²) < 4.78 is 0. The Bertz CT molecular complexity index is 418. The lowest BCUT2D eigenvalue weighted by Crippen LogP contribution is -2.25. The van der Waals surface area contributed by atoms with Gasteiger partial charge in [-0.25, -0.2) is 0 Å². The summed E-state index contributed by atoms with van der Waals surface area (Å²) in [5.74, 6) is 0.442. The predicted molar refractivity (Wildman–Crippen MR) is 71.7 cm³/mol. The van der Waals surface area contributed by atoms with Gasteiger partial charge in [0.25, 0.3) is 0 Å². The largest absolute Gasteiger partial charge is 0.299 e. The average Bonchev–Trinajstić information content (AvgIpc) is 2.72. The van der Waals surface area contributed by atoms with Crippen molar-refractivity contribution in [2.24, 2.45) is 5.41 Å². The molecular weight excluding hydrogens is 208 g/mol. The van der Waals surface area contributed by atoms with Crippen LogP contribution in [0.2, 0.25) is 0 Å². The van der Waals surface area contributed by atoms with Gasteiger partial charge in [0.2, 0.25) is 0 Å². The molecule has 0 unspecified atom stereocenters. The highest BCUT2D eigenvalue weighted by molar-refractivity contribution is 5.88. The van der Waals surface area contributed by atoms with Crippen LogP contribution in [-0.2, 0) is 4.79 Å². The molecule has 0 bridgehead atoms. The lowest BCUT2D eigenvalue weighted by atomic mass is 9.76. The van der Waals surface area contributed by atoms with Crippen molar-refractivity contribution in [2.45, 2.75) is 39.0 Å². The minimum atomic E-state index is -0.118. The summed E-state index contributed by atoms with van der Waals surface area (Å²) in [7, 11) is 0. The van der Waals surface area contributed by atoms with Crippen LogP contribution >= 0.6 is 0 Å². The third-order valence-corrected chi connectivity index (χ3v) is 4.06. The Morgan fingerprint density at radius 2 is 2.06 bits per heavy atom. The Morgan fingerprint density at radius 1 is 1.35 bits per heavy atom. The van der Waals surface area contributed by atoms with Gasteiger partial charge in [0.1, 0.15) is 5.78 Å². The van der Waals surface area contributed by atoms with Crippen LogP contribution in [0.15, 0.2) is 36.9 Å². The van der Waals surface area contributed by atoms with E-state index in [1.54, 1.807) is 0 Å². The zero-order valence-electron chi connectivity index (χ0n) is 10.5. The van der Waals surface area contributed by atoms with E-state index in [1.807, 2.05) is 18.2 Å². The molecule has 0 saturated heterocycles. The van der Waals surface area contributed by atoms with Gasteiger partial charge in [-0.1, -0.05) is 43.8 Å². The summed E-state index contributed by atoms with van der Waals surface area (Å²) in [6.45, 7) is 6.29. The first kappa shape index (κ1) is 12.1. The molecule has 0 aromatic heterocycles. The molecule has 0 amide bonds. The number of hydrogen-bond donors (Lipinski definition) is 0. The Hall–Kier alpha value is -1.37. The minimum Gasteiger partial charge on any atom is -0.299 e. The van der Waals surface area contributed by atoms with Gasteiger partial charge in [-0.2, -0.15) is 0 Å². The van der Waals surface area contributed by atoms with Crippen molar-refractivity contribution in [3.8, 4) is 0 Å². The molecule has 1 aliphatic carbocycles. The Balaban J connectivity index is 2.15. The second-order valence-corrected chi connectivity index (χ2v) is 5.06. The van der Waals surface area contributed by atoms with Crippen LogP contribution in [0.3, 0.4) is 0 Å². The Kier molecular flexibility index (Phi) is 3.46. The molecule has 1 heteroatoms. The van der Waals surface area contributed by atoms with Gasteiger partial charge in [-0.15, -0.1) is 0 Å². The molecule has 2 rings (SSSR count). The van der Waals surface area contributed by atoms with E-state index in [1.165, 1.54) is 5.56 Å². The van der Waals surface area contributed by atoms with Crippen molar-refractivity contribution in [3.05, 3.63) is 42.5 Å². The van der Waals surface area contributed by atoms with Crippen molar-refractivity contribution in [3.63, 3.8) is 0 Å². The van der Waals surface area contributed by atoms with E-state index in [0.29, 0.717) is 5.78 Å². The molecule has 0 heterocycles. The highest BCUT2D eigenvalue weighted by atomic mass is 16.1. The smallest absolute Gasteiger partial charge is 0.139 e. The van der Waals surface area contributed by atoms with Gasteiger partial charge < -0.3 is 0 Å². The van der Waals surface area contributed by atoms with E-state index in [2.05, 4.69) is 25.6 Å². The maximum absolute atomic E-state index is 12.1. The van der Waals surface area contributed by atoms with Crippen LogP contribution in [-0.4, -0.2) is 5.78 Å². The summed E-state index contributed by atoms with van der Waals surface area (Å²) in [5.41, 5.74) is 2.15. The summed E-state index contributed by atoms with van der Waals surface area (Å²) in [5, 5.41) is 0. The molecule has 1 atom stereocenters. The molecule has 1 nitrogen and oxygen atoms in total. The van der Waals surface area contributed by atoms with Crippen LogP contribution in [0, 0.1) is 5.41 Å². The molecular formula is C16H20O.